The number of hydrogen-bond acceptors (Lipinski definition) is 3. The number of methoxy groups -OCH3 is 1. The number of guanidine groups is 1. The van der Waals surface area contributed by atoms with Crippen molar-refractivity contribution in [3.63, 3.8) is 0 Å². The summed E-state index contributed by atoms with van der Waals surface area (Å²) in [6, 6.07) is 6.39. The van der Waals surface area contributed by atoms with Crippen molar-refractivity contribution in [1.82, 2.24) is 15.5 Å². The van der Waals surface area contributed by atoms with Crippen LogP contribution in [-0.2, 0) is 6.42 Å². The maximum absolute atomic E-state index is 5.39. The number of rotatable bonds is 7. The highest BCUT2D eigenvalue weighted by Gasteiger charge is 2.16. The lowest BCUT2D eigenvalue weighted by atomic mass is 9.94. The van der Waals surface area contributed by atoms with Gasteiger partial charge in [-0.1, -0.05) is 12.1 Å². The number of benzene rings is 1. The molecular weight excluding hydrogens is 312 g/mol. The number of nitrogens with one attached hydrogen (secondary N) is 2. The molecule has 0 aromatic heterocycles. The lowest BCUT2D eigenvalue weighted by Crippen LogP contribution is -2.39. The highest BCUT2D eigenvalue weighted by molar-refractivity contribution is 5.79. The predicted molar refractivity (Wildman–Crippen MR) is 106 cm³/mol. The first-order chi connectivity index (χ1) is 12.1. The molecule has 1 fully saturated rings. The van der Waals surface area contributed by atoms with Crippen LogP contribution in [-0.4, -0.2) is 58.2 Å². The first kappa shape index (κ1) is 19.6. The van der Waals surface area contributed by atoms with Crippen molar-refractivity contribution in [3.8, 4) is 5.75 Å². The minimum Gasteiger partial charge on any atom is -0.496 e. The first-order valence-electron chi connectivity index (χ1n) is 9.39. The minimum atomic E-state index is 0.849. The fourth-order valence-corrected chi connectivity index (χ4v) is 3.31. The molecule has 1 aromatic carbocycles. The van der Waals surface area contributed by atoms with Crippen molar-refractivity contribution in [3.05, 3.63) is 29.3 Å². The van der Waals surface area contributed by atoms with Crippen LogP contribution in [0.2, 0.25) is 0 Å². The maximum atomic E-state index is 5.39. The molecule has 0 unspecified atom stereocenters. The van der Waals surface area contributed by atoms with Gasteiger partial charge in [-0.3, -0.25) is 4.99 Å². The molecule has 1 saturated heterocycles. The summed E-state index contributed by atoms with van der Waals surface area (Å²) >= 11 is 0. The Morgan fingerprint density at radius 1 is 1.24 bits per heavy atom. The van der Waals surface area contributed by atoms with E-state index >= 15 is 0 Å². The normalized spacial score (nSPS) is 16.7. The van der Waals surface area contributed by atoms with Crippen molar-refractivity contribution in [2.24, 2.45) is 10.9 Å². The largest absolute Gasteiger partial charge is 0.496 e. The van der Waals surface area contributed by atoms with E-state index in [9.17, 15) is 0 Å². The van der Waals surface area contributed by atoms with Crippen LogP contribution in [0.25, 0.3) is 0 Å². The molecule has 0 spiro atoms. The van der Waals surface area contributed by atoms with Crippen LogP contribution in [0.15, 0.2) is 23.2 Å². The summed E-state index contributed by atoms with van der Waals surface area (Å²) in [5.41, 5.74) is 2.45. The second-order valence-electron chi connectivity index (χ2n) is 7.02. The van der Waals surface area contributed by atoms with Gasteiger partial charge in [-0.2, -0.15) is 0 Å². The monoisotopic (exact) mass is 346 g/mol. The van der Waals surface area contributed by atoms with E-state index < -0.39 is 0 Å². The van der Waals surface area contributed by atoms with Crippen LogP contribution in [0.4, 0.5) is 0 Å². The Morgan fingerprint density at radius 2 is 1.96 bits per heavy atom. The van der Waals surface area contributed by atoms with E-state index in [4.69, 9.17) is 4.74 Å². The van der Waals surface area contributed by atoms with Gasteiger partial charge in [0, 0.05) is 20.1 Å². The van der Waals surface area contributed by atoms with Gasteiger partial charge < -0.3 is 20.3 Å². The number of ether oxygens (including phenoxy) is 1. The SMILES string of the molecule is CN=C(NCCc1ccc(C)c(OC)c1)NCCC1CCN(C)CC1. The topological polar surface area (TPSA) is 48.9 Å². The van der Waals surface area contributed by atoms with Crippen molar-refractivity contribution in [1.29, 1.82) is 0 Å². The summed E-state index contributed by atoms with van der Waals surface area (Å²) < 4.78 is 5.39. The molecule has 2 N–H and O–H groups in total. The van der Waals surface area contributed by atoms with E-state index in [1.165, 1.54) is 43.5 Å². The van der Waals surface area contributed by atoms with Crippen molar-refractivity contribution in [2.45, 2.75) is 32.6 Å². The van der Waals surface area contributed by atoms with Crippen LogP contribution < -0.4 is 15.4 Å². The standard InChI is InChI=1S/C20H34N4O/c1-16-5-6-18(15-19(16)25-4)8-12-23-20(21-2)22-11-7-17-9-13-24(3)14-10-17/h5-6,15,17H,7-14H2,1-4H3,(H2,21,22,23). The van der Waals surface area contributed by atoms with Crippen LogP contribution in [0.3, 0.4) is 0 Å². The molecule has 25 heavy (non-hydrogen) atoms. The number of piperidine rings is 1. The zero-order chi connectivity index (χ0) is 18.1. The lowest BCUT2D eigenvalue weighted by molar-refractivity contribution is 0.213. The number of aryl methyl sites for hydroxylation is 1. The average molecular weight is 347 g/mol. The summed E-state index contributed by atoms with van der Waals surface area (Å²) in [5, 5.41) is 6.85. The molecule has 1 aliphatic rings. The molecule has 0 bridgehead atoms. The Labute approximate surface area is 152 Å². The van der Waals surface area contributed by atoms with E-state index in [1.54, 1.807) is 7.11 Å². The Balaban J connectivity index is 1.66. The molecule has 1 aliphatic heterocycles. The molecule has 0 amide bonds. The van der Waals surface area contributed by atoms with Gasteiger partial charge in [-0.25, -0.2) is 0 Å². The zero-order valence-corrected chi connectivity index (χ0v) is 16.3. The molecule has 5 heteroatoms. The van der Waals surface area contributed by atoms with E-state index in [2.05, 4.69) is 52.7 Å². The lowest BCUT2D eigenvalue weighted by Gasteiger charge is -2.29. The Kier molecular flexibility index (Phi) is 8.06. The predicted octanol–water partition coefficient (Wildman–Crippen LogP) is 2.44. The van der Waals surface area contributed by atoms with Gasteiger partial charge in [0.05, 0.1) is 7.11 Å². The van der Waals surface area contributed by atoms with Crippen LogP contribution >= 0.6 is 0 Å². The Bertz CT molecular complexity index is 551. The smallest absolute Gasteiger partial charge is 0.190 e. The van der Waals surface area contributed by atoms with Gasteiger partial charge in [0.2, 0.25) is 0 Å². The Morgan fingerprint density at radius 3 is 2.64 bits per heavy atom. The third-order valence-corrected chi connectivity index (χ3v) is 5.09. The molecule has 1 heterocycles. The molecule has 0 radical (unpaired) electrons. The molecule has 0 saturated carbocycles. The third-order valence-electron chi connectivity index (χ3n) is 5.09. The summed E-state index contributed by atoms with van der Waals surface area (Å²) in [6.45, 7) is 6.39. The van der Waals surface area contributed by atoms with Crippen LogP contribution in [0.1, 0.15) is 30.4 Å². The highest BCUT2D eigenvalue weighted by Crippen LogP contribution is 2.19. The first-order valence-corrected chi connectivity index (χ1v) is 9.39. The van der Waals surface area contributed by atoms with E-state index in [-0.39, 0.29) is 0 Å². The molecule has 2 rings (SSSR count). The van der Waals surface area contributed by atoms with Crippen molar-refractivity contribution >= 4 is 5.96 Å². The van der Waals surface area contributed by atoms with Crippen molar-refractivity contribution in [2.75, 3.05) is 47.4 Å². The fraction of sp³-hybridized carbons (Fsp3) is 0.650. The number of aliphatic imine (C=N–C) groups is 1. The van der Waals surface area contributed by atoms with Gasteiger partial charge in [-0.05, 0) is 75.9 Å². The maximum Gasteiger partial charge on any atom is 0.190 e. The molecule has 0 atom stereocenters. The van der Waals surface area contributed by atoms with Gasteiger partial charge in [0.25, 0.3) is 0 Å². The van der Waals surface area contributed by atoms with Gasteiger partial charge >= 0.3 is 0 Å². The molecule has 5 nitrogen and oxygen atoms in total. The van der Waals surface area contributed by atoms with E-state index in [0.29, 0.717) is 0 Å². The molecular formula is C20H34N4O. The second kappa shape index (κ2) is 10.3. The molecule has 140 valence electrons. The number of likely N-dealkylation sites (tertiary alicyclic amines) is 1. The number of hydrogen-bond donors (Lipinski definition) is 2. The van der Waals surface area contributed by atoms with Crippen LogP contribution in [0, 0.1) is 12.8 Å². The van der Waals surface area contributed by atoms with Crippen molar-refractivity contribution < 1.29 is 4.74 Å². The quantitative estimate of drug-likeness (QED) is 0.588. The average Bonchev–Trinajstić information content (AvgIpc) is 2.63. The summed E-state index contributed by atoms with van der Waals surface area (Å²) in [5.74, 6) is 2.70. The highest BCUT2D eigenvalue weighted by atomic mass is 16.5. The van der Waals surface area contributed by atoms with E-state index in [0.717, 1.165) is 37.1 Å². The molecule has 0 aliphatic carbocycles. The zero-order valence-electron chi connectivity index (χ0n) is 16.3. The van der Waals surface area contributed by atoms with Gasteiger partial charge in [0.1, 0.15) is 5.75 Å². The van der Waals surface area contributed by atoms with Crippen LogP contribution in [0.5, 0.6) is 5.75 Å². The second-order valence-corrected chi connectivity index (χ2v) is 7.02. The third kappa shape index (κ3) is 6.58. The van der Waals surface area contributed by atoms with Gasteiger partial charge in [-0.15, -0.1) is 0 Å². The minimum absolute atomic E-state index is 0.849. The summed E-state index contributed by atoms with van der Waals surface area (Å²) in [6.07, 6.45) is 4.81. The van der Waals surface area contributed by atoms with Gasteiger partial charge in [0.15, 0.2) is 5.96 Å². The summed E-state index contributed by atoms with van der Waals surface area (Å²) in [4.78, 5) is 6.74. The molecule has 1 aromatic rings. The van der Waals surface area contributed by atoms with E-state index in [1.807, 2.05) is 7.05 Å². The fourth-order valence-electron chi connectivity index (χ4n) is 3.31. The summed E-state index contributed by atoms with van der Waals surface area (Å²) in [7, 11) is 5.77. The number of nitrogens with zero attached hydrogens (tertiary/aromatic N) is 2. The Hall–Kier alpha value is -1.75.